The molecule has 0 aliphatic rings. The van der Waals surface area contributed by atoms with Gasteiger partial charge in [-0.25, -0.2) is 4.79 Å². The fraction of sp³-hybridized carbons (Fsp3) is 0.133. The standard InChI is InChI=1S/C15H14O4S/c1-18-11-7-5-9-13(14(11)19-2)20-12-8-4-3-6-10(12)15(16)17/h3-9H,1-2H3,(H,16,17). The maximum Gasteiger partial charge on any atom is 0.336 e. The van der Waals surface area contributed by atoms with Gasteiger partial charge in [0.2, 0.25) is 0 Å². The minimum Gasteiger partial charge on any atom is -0.493 e. The monoisotopic (exact) mass is 290 g/mol. The Morgan fingerprint density at radius 3 is 2.35 bits per heavy atom. The van der Waals surface area contributed by atoms with E-state index < -0.39 is 5.97 Å². The molecule has 1 N–H and O–H groups in total. The van der Waals surface area contributed by atoms with Gasteiger partial charge >= 0.3 is 5.97 Å². The van der Waals surface area contributed by atoms with Crippen LogP contribution in [-0.2, 0) is 0 Å². The van der Waals surface area contributed by atoms with Crippen molar-refractivity contribution in [1.29, 1.82) is 0 Å². The van der Waals surface area contributed by atoms with Gasteiger partial charge in [-0.2, -0.15) is 0 Å². The largest absolute Gasteiger partial charge is 0.493 e. The second kappa shape index (κ2) is 6.34. The molecule has 5 heteroatoms. The number of carbonyl (C=O) groups is 1. The topological polar surface area (TPSA) is 55.8 Å². The first-order valence-electron chi connectivity index (χ1n) is 5.88. The van der Waals surface area contributed by atoms with Crippen LogP contribution in [0.4, 0.5) is 0 Å². The van der Waals surface area contributed by atoms with Gasteiger partial charge in [-0.1, -0.05) is 30.0 Å². The lowest BCUT2D eigenvalue weighted by atomic mass is 10.2. The summed E-state index contributed by atoms with van der Waals surface area (Å²) >= 11 is 1.34. The quantitative estimate of drug-likeness (QED) is 0.912. The molecule has 0 saturated carbocycles. The van der Waals surface area contributed by atoms with Gasteiger partial charge in [-0.15, -0.1) is 0 Å². The summed E-state index contributed by atoms with van der Waals surface area (Å²) in [6.07, 6.45) is 0. The van der Waals surface area contributed by atoms with Crippen molar-refractivity contribution in [3.05, 3.63) is 48.0 Å². The number of benzene rings is 2. The van der Waals surface area contributed by atoms with Crippen LogP contribution in [0.25, 0.3) is 0 Å². The zero-order valence-electron chi connectivity index (χ0n) is 11.1. The summed E-state index contributed by atoms with van der Waals surface area (Å²) in [6.45, 7) is 0. The summed E-state index contributed by atoms with van der Waals surface area (Å²) in [6, 6.07) is 12.4. The van der Waals surface area contributed by atoms with Gasteiger partial charge in [-0.05, 0) is 24.3 Å². The Balaban J connectivity index is 2.43. The number of methoxy groups -OCH3 is 2. The molecule has 0 unspecified atom stereocenters. The van der Waals surface area contributed by atoms with Crippen LogP contribution in [0.3, 0.4) is 0 Å². The third-order valence-corrected chi connectivity index (χ3v) is 3.82. The minimum absolute atomic E-state index is 0.266. The van der Waals surface area contributed by atoms with E-state index in [1.54, 1.807) is 44.6 Å². The molecular formula is C15H14O4S. The van der Waals surface area contributed by atoms with Crippen LogP contribution in [-0.4, -0.2) is 25.3 Å². The van der Waals surface area contributed by atoms with E-state index in [0.717, 1.165) is 4.90 Å². The van der Waals surface area contributed by atoms with E-state index in [0.29, 0.717) is 16.4 Å². The molecule has 2 rings (SSSR count). The van der Waals surface area contributed by atoms with Crippen LogP contribution < -0.4 is 9.47 Å². The van der Waals surface area contributed by atoms with E-state index in [1.165, 1.54) is 11.8 Å². The number of para-hydroxylation sites is 1. The number of carboxylic acids is 1. The molecule has 0 heterocycles. The van der Waals surface area contributed by atoms with Crippen molar-refractivity contribution in [3.8, 4) is 11.5 Å². The Hall–Kier alpha value is -2.14. The third-order valence-electron chi connectivity index (χ3n) is 2.70. The number of carboxylic acid groups (broad SMARTS) is 1. The highest BCUT2D eigenvalue weighted by Gasteiger charge is 2.15. The van der Waals surface area contributed by atoms with Gasteiger partial charge in [0.1, 0.15) is 0 Å². The normalized spacial score (nSPS) is 10.1. The van der Waals surface area contributed by atoms with E-state index in [4.69, 9.17) is 9.47 Å². The number of hydrogen-bond donors (Lipinski definition) is 1. The zero-order chi connectivity index (χ0) is 14.5. The molecular weight excluding hydrogens is 276 g/mol. The van der Waals surface area contributed by atoms with E-state index in [1.807, 2.05) is 12.1 Å². The Bertz CT molecular complexity index is 625. The molecule has 0 aromatic heterocycles. The lowest BCUT2D eigenvalue weighted by Crippen LogP contribution is -1.98. The lowest BCUT2D eigenvalue weighted by Gasteiger charge is -2.12. The van der Waals surface area contributed by atoms with Gasteiger partial charge in [0.25, 0.3) is 0 Å². The van der Waals surface area contributed by atoms with Crippen molar-refractivity contribution in [2.45, 2.75) is 9.79 Å². The molecule has 0 aliphatic carbocycles. The van der Waals surface area contributed by atoms with Crippen LogP contribution in [0.1, 0.15) is 10.4 Å². The SMILES string of the molecule is COc1cccc(Sc2ccccc2C(=O)O)c1OC. The maximum atomic E-state index is 11.2. The van der Waals surface area contributed by atoms with Crippen molar-refractivity contribution in [3.63, 3.8) is 0 Å². The lowest BCUT2D eigenvalue weighted by molar-refractivity contribution is 0.0693. The number of hydrogen-bond acceptors (Lipinski definition) is 4. The summed E-state index contributed by atoms with van der Waals surface area (Å²) in [5.74, 6) is 0.264. The van der Waals surface area contributed by atoms with Crippen LogP contribution in [0.5, 0.6) is 11.5 Å². The Morgan fingerprint density at radius 1 is 1.00 bits per heavy atom. The van der Waals surface area contributed by atoms with E-state index in [2.05, 4.69) is 0 Å². The predicted molar refractivity (Wildman–Crippen MR) is 77.1 cm³/mol. The molecule has 0 fully saturated rings. The molecule has 2 aromatic rings. The highest BCUT2D eigenvalue weighted by Crippen LogP contribution is 2.41. The molecule has 0 atom stereocenters. The number of ether oxygens (including phenoxy) is 2. The molecule has 0 bridgehead atoms. The molecule has 0 aliphatic heterocycles. The van der Waals surface area contributed by atoms with Crippen LogP contribution in [0.15, 0.2) is 52.3 Å². The Morgan fingerprint density at radius 2 is 1.70 bits per heavy atom. The average molecular weight is 290 g/mol. The first-order valence-corrected chi connectivity index (χ1v) is 6.70. The van der Waals surface area contributed by atoms with Crippen molar-refractivity contribution >= 4 is 17.7 Å². The van der Waals surface area contributed by atoms with E-state index in [-0.39, 0.29) is 5.56 Å². The highest BCUT2D eigenvalue weighted by atomic mass is 32.2. The van der Waals surface area contributed by atoms with Crippen molar-refractivity contribution in [2.75, 3.05) is 14.2 Å². The summed E-state index contributed by atoms with van der Waals surface area (Å²) in [5, 5.41) is 9.20. The minimum atomic E-state index is -0.949. The molecule has 2 aromatic carbocycles. The van der Waals surface area contributed by atoms with Crippen LogP contribution >= 0.6 is 11.8 Å². The molecule has 20 heavy (non-hydrogen) atoms. The first kappa shape index (κ1) is 14.3. The second-order valence-electron chi connectivity index (χ2n) is 3.90. The highest BCUT2D eigenvalue weighted by molar-refractivity contribution is 7.99. The van der Waals surface area contributed by atoms with Gasteiger partial charge < -0.3 is 14.6 Å². The van der Waals surface area contributed by atoms with Crippen molar-refractivity contribution in [2.24, 2.45) is 0 Å². The molecule has 4 nitrogen and oxygen atoms in total. The predicted octanol–water partition coefficient (Wildman–Crippen LogP) is 3.55. The molecule has 104 valence electrons. The first-order chi connectivity index (χ1) is 9.67. The summed E-state index contributed by atoms with van der Waals surface area (Å²) in [5.41, 5.74) is 0.266. The Labute approximate surface area is 121 Å². The van der Waals surface area contributed by atoms with Gasteiger partial charge in [-0.3, -0.25) is 0 Å². The summed E-state index contributed by atoms with van der Waals surface area (Å²) < 4.78 is 10.6. The van der Waals surface area contributed by atoms with E-state index in [9.17, 15) is 9.90 Å². The van der Waals surface area contributed by atoms with Gasteiger partial charge in [0, 0.05) is 4.90 Å². The number of rotatable bonds is 5. The molecule has 0 radical (unpaired) electrons. The van der Waals surface area contributed by atoms with Crippen molar-refractivity contribution in [1.82, 2.24) is 0 Å². The Kier molecular flexibility index (Phi) is 4.53. The molecule has 0 spiro atoms. The molecule has 0 amide bonds. The second-order valence-corrected chi connectivity index (χ2v) is 4.98. The molecule has 0 saturated heterocycles. The fourth-order valence-electron chi connectivity index (χ4n) is 1.79. The van der Waals surface area contributed by atoms with Gasteiger partial charge in [0.05, 0.1) is 24.7 Å². The maximum absolute atomic E-state index is 11.2. The van der Waals surface area contributed by atoms with E-state index >= 15 is 0 Å². The number of aromatic carboxylic acids is 1. The average Bonchev–Trinajstić information content (AvgIpc) is 2.47. The van der Waals surface area contributed by atoms with Gasteiger partial charge in [0.15, 0.2) is 11.5 Å². The van der Waals surface area contributed by atoms with Crippen LogP contribution in [0, 0.1) is 0 Å². The van der Waals surface area contributed by atoms with Crippen LogP contribution in [0.2, 0.25) is 0 Å². The zero-order valence-corrected chi connectivity index (χ0v) is 11.9. The fourth-order valence-corrected chi connectivity index (χ4v) is 2.86. The summed E-state index contributed by atoms with van der Waals surface area (Å²) in [7, 11) is 3.13. The van der Waals surface area contributed by atoms with Crippen molar-refractivity contribution < 1.29 is 19.4 Å². The summed E-state index contributed by atoms with van der Waals surface area (Å²) in [4.78, 5) is 12.7. The third kappa shape index (κ3) is 2.88. The smallest absolute Gasteiger partial charge is 0.336 e.